The Balaban J connectivity index is 2.05. The van der Waals surface area contributed by atoms with Crippen molar-refractivity contribution in [2.45, 2.75) is 13.5 Å². The molecule has 0 spiro atoms. The third-order valence-electron chi connectivity index (χ3n) is 2.11. The van der Waals surface area contributed by atoms with Crippen LogP contribution >= 0.6 is 11.3 Å². The van der Waals surface area contributed by atoms with E-state index in [1.165, 1.54) is 21.8 Å². The van der Waals surface area contributed by atoms with E-state index in [2.05, 4.69) is 4.98 Å². The summed E-state index contributed by atoms with van der Waals surface area (Å²) in [4.78, 5) is 17.7. The highest BCUT2D eigenvalue weighted by molar-refractivity contribution is 7.11. The van der Waals surface area contributed by atoms with E-state index in [1.807, 2.05) is 19.1 Å². The summed E-state index contributed by atoms with van der Waals surface area (Å²) < 4.78 is 6.83. The lowest BCUT2D eigenvalue weighted by Gasteiger charge is -2.03. The van der Waals surface area contributed by atoms with E-state index in [-0.39, 0.29) is 5.56 Å². The Hall–Kier alpha value is -1.62. The number of nitrogens with zero attached hydrogens (tertiary/aromatic N) is 2. The molecule has 0 bridgehead atoms. The van der Waals surface area contributed by atoms with Crippen LogP contribution in [0.25, 0.3) is 0 Å². The van der Waals surface area contributed by atoms with Crippen molar-refractivity contribution < 1.29 is 4.74 Å². The first-order valence-electron chi connectivity index (χ1n) is 4.86. The maximum Gasteiger partial charge on any atom is 0.256 e. The monoisotopic (exact) mass is 236 g/mol. The lowest BCUT2D eigenvalue weighted by Crippen LogP contribution is -2.16. The minimum atomic E-state index is -0.118. The van der Waals surface area contributed by atoms with E-state index in [9.17, 15) is 4.79 Å². The Morgan fingerprint density at radius 2 is 2.31 bits per heavy atom. The Labute approximate surface area is 97.1 Å². The van der Waals surface area contributed by atoms with Crippen LogP contribution in [-0.4, -0.2) is 9.55 Å². The van der Waals surface area contributed by atoms with Crippen molar-refractivity contribution in [3.63, 3.8) is 0 Å². The number of thiophene rings is 1. The predicted molar refractivity (Wildman–Crippen MR) is 62.9 cm³/mol. The molecule has 16 heavy (non-hydrogen) atoms. The van der Waals surface area contributed by atoms with Crippen molar-refractivity contribution >= 4 is 11.3 Å². The molecule has 0 radical (unpaired) electrons. The molecule has 0 unspecified atom stereocenters. The zero-order chi connectivity index (χ0) is 11.5. The highest BCUT2D eigenvalue weighted by atomic mass is 32.1. The van der Waals surface area contributed by atoms with Gasteiger partial charge in [-0.1, -0.05) is 0 Å². The molecule has 5 heteroatoms. The highest BCUT2D eigenvalue weighted by Crippen LogP contribution is 2.16. The second-order valence-corrected chi connectivity index (χ2v) is 4.85. The molecule has 2 aromatic heterocycles. The minimum Gasteiger partial charge on any atom is -0.472 e. The topological polar surface area (TPSA) is 44.1 Å². The molecule has 0 fully saturated rings. The van der Waals surface area contributed by atoms with E-state index in [1.54, 1.807) is 18.4 Å². The van der Waals surface area contributed by atoms with Gasteiger partial charge in [0.1, 0.15) is 12.9 Å². The minimum absolute atomic E-state index is 0.118. The molecule has 0 amide bonds. The Bertz CT molecular complexity index is 545. The fourth-order valence-electron chi connectivity index (χ4n) is 1.23. The zero-order valence-electron chi connectivity index (χ0n) is 9.14. The maximum absolute atomic E-state index is 11.3. The van der Waals surface area contributed by atoms with Crippen LogP contribution < -0.4 is 10.3 Å². The highest BCUT2D eigenvalue weighted by Gasteiger charge is 2.01. The van der Waals surface area contributed by atoms with Crippen LogP contribution in [0.1, 0.15) is 9.75 Å². The van der Waals surface area contributed by atoms with Gasteiger partial charge in [-0.2, -0.15) is 0 Å². The molecule has 0 aromatic carbocycles. The Morgan fingerprint density at radius 3 is 2.94 bits per heavy atom. The number of hydrogen-bond acceptors (Lipinski definition) is 4. The van der Waals surface area contributed by atoms with Crippen LogP contribution in [0.5, 0.6) is 5.88 Å². The van der Waals surface area contributed by atoms with Gasteiger partial charge in [0.05, 0.1) is 6.07 Å². The SMILES string of the molecule is Cc1ccc(COc2cc(=O)n(C)cn2)s1. The standard InChI is InChI=1S/C11H12N2O2S/c1-8-3-4-9(16-8)6-15-10-5-11(14)13(2)7-12-10/h3-5,7H,6H2,1-2H3. The molecule has 0 aliphatic carbocycles. The fraction of sp³-hybridized carbons (Fsp3) is 0.273. The van der Waals surface area contributed by atoms with Gasteiger partial charge in [-0.05, 0) is 19.1 Å². The molecule has 0 atom stereocenters. The van der Waals surface area contributed by atoms with Gasteiger partial charge in [0.15, 0.2) is 0 Å². The first-order chi connectivity index (χ1) is 7.65. The van der Waals surface area contributed by atoms with Crippen LogP contribution in [0.2, 0.25) is 0 Å². The second-order valence-electron chi connectivity index (χ2n) is 3.48. The van der Waals surface area contributed by atoms with Crippen LogP contribution in [0.4, 0.5) is 0 Å². The van der Waals surface area contributed by atoms with Gasteiger partial charge in [0.2, 0.25) is 5.88 Å². The summed E-state index contributed by atoms with van der Waals surface area (Å²) >= 11 is 1.68. The van der Waals surface area contributed by atoms with Gasteiger partial charge in [0, 0.05) is 16.8 Å². The number of rotatable bonds is 3. The van der Waals surface area contributed by atoms with Gasteiger partial charge in [-0.15, -0.1) is 11.3 Å². The summed E-state index contributed by atoms with van der Waals surface area (Å²) in [7, 11) is 1.65. The van der Waals surface area contributed by atoms with Crippen molar-refractivity contribution in [2.75, 3.05) is 0 Å². The molecule has 4 nitrogen and oxygen atoms in total. The molecular weight excluding hydrogens is 224 g/mol. The fourth-order valence-corrected chi connectivity index (χ4v) is 2.04. The van der Waals surface area contributed by atoms with Gasteiger partial charge in [-0.3, -0.25) is 4.79 Å². The largest absolute Gasteiger partial charge is 0.472 e. The summed E-state index contributed by atoms with van der Waals surface area (Å²) in [6.45, 7) is 2.50. The number of hydrogen-bond donors (Lipinski definition) is 0. The van der Waals surface area contributed by atoms with Crippen molar-refractivity contribution in [1.82, 2.24) is 9.55 Å². The van der Waals surface area contributed by atoms with Crippen LogP contribution in [0.15, 0.2) is 29.3 Å². The quantitative estimate of drug-likeness (QED) is 0.815. The molecule has 0 aliphatic rings. The molecule has 2 heterocycles. The summed E-state index contributed by atoms with van der Waals surface area (Å²) in [6.07, 6.45) is 1.46. The molecule has 0 N–H and O–H groups in total. The normalized spacial score (nSPS) is 10.4. The van der Waals surface area contributed by atoms with Crippen LogP contribution in [0.3, 0.4) is 0 Å². The molecular formula is C11H12N2O2S. The van der Waals surface area contributed by atoms with E-state index in [0.29, 0.717) is 12.5 Å². The third-order valence-corrected chi connectivity index (χ3v) is 3.09. The van der Waals surface area contributed by atoms with E-state index < -0.39 is 0 Å². The number of aromatic nitrogens is 2. The van der Waals surface area contributed by atoms with Gasteiger partial charge in [-0.25, -0.2) is 4.98 Å². The molecule has 2 aromatic rings. The summed E-state index contributed by atoms with van der Waals surface area (Å²) in [6, 6.07) is 5.45. The van der Waals surface area contributed by atoms with Crippen LogP contribution in [0, 0.1) is 6.92 Å². The van der Waals surface area contributed by atoms with E-state index in [4.69, 9.17) is 4.74 Å². The summed E-state index contributed by atoms with van der Waals surface area (Å²) in [5.74, 6) is 0.370. The van der Waals surface area contributed by atoms with Crippen LogP contribution in [-0.2, 0) is 13.7 Å². The van der Waals surface area contributed by atoms with Crippen molar-refractivity contribution in [3.05, 3.63) is 44.6 Å². The first kappa shape index (κ1) is 10.9. The van der Waals surface area contributed by atoms with Gasteiger partial charge in [0.25, 0.3) is 5.56 Å². The van der Waals surface area contributed by atoms with Crippen molar-refractivity contribution in [1.29, 1.82) is 0 Å². The number of aryl methyl sites for hydroxylation is 2. The summed E-state index contributed by atoms with van der Waals surface area (Å²) in [5.41, 5.74) is -0.118. The average Bonchev–Trinajstić information content (AvgIpc) is 2.66. The molecule has 0 saturated carbocycles. The molecule has 2 rings (SSSR count). The average molecular weight is 236 g/mol. The van der Waals surface area contributed by atoms with E-state index in [0.717, 1.165) is 4.88 Å². The smallest absolute Gasteiger partial charge is 0.256 e. The van der Waals surface area contributed by atoms with Crippen molar-refractivity contribution in [2.24, 2.45) is 7.05 Å². The zero-order valence-corrected chi connectivity index (χ0v) is 9.95. The van der Waals surface area contributed by atoms with E-state index >= 15 is 0 Å². The third kappa shape index (κ3) is 2.49. The predicted octanol–water partition coefficient (Wildman–Crippen LogP) is 1.73. The lowest BCUT2D eigenvalue weighted by atomic mass is 10.4. The van der Waals surface area contributed by atoms with Gasteiger partial charge < -0.3 is 9.30 Å². The number of ether oxygens (including phenoxy) is 1. The molecule has 0 saturated heterocycles. The molecule has 84 valence electrons. The lowest BCUT2D eigenvalue weighted by molar-refractivity contribution is 0.295. The second kappa shape index (κ2) is 4.49. The Morgan fingerprint density at radius 1 is 1.50 bits per heavy atom. The van der Waals surface area contributed by atoms with Gasteiger partial charge >= 0.3 is 0 Å². The first-order valence-corrected chi connectivity index (χ1v) is 5.67. The van der Waals surface area contributed by atoms with Crippen molar-refractivity contribution in [3.8, 4) is 5.88 Å². The summed E-state index contributed by atoms with van der Waals surface area (Å²) in [5, 5.41) is 0. The Kier molecular flexibility index (Phi) is 3.05. The maximum atomic E-state index is 11.3. The molecule has 0 aliphatic heterocycles.